The maximum Gasteiger partial charge on any atom is 0.271 e. The second-order valence-electron chi connectivity index (χ2n) is 4.77. The van der Waals surface area contributed by atoms with Crippen molar-refractivity contribution in [1.82, 2.24) is 10.3 Å². The number of carbonyl (C=O) groups excluding carboxylic acids is 1. The molecule has 0 aliphatic carbocycles. The van der Waals surface area contributed by atoms with E-state index in [0.29, 0.717) is 18.2 Å². The number of aromatic nitrogens is 1. The van der Waals surface area contributed by atoms with Gasteiger partial charge in [-0.1, -0.05) is 13.8 Å². The molecule has 0 aliphatic rings. The predicted molar refractivity (Wildman–Crippen MR) is 66.8 cm³/mol. The van der Waals surface area contributed by atoms with E-state index in [1.807, 2.05) is 13.8 Å². The Balaban J connectivity index is 2.74. The summed E-state index contributed by atoms with van der Waals surface area (Å²) >= 11 is 1.52. The molecule has 0 saturated heterocycles. The smallest absolute Gasteiger partial charge is 0.271 e. The number of nitrogens with one attached hydrogen (secondary N) is 1. The molecule has 0 saturated carbocycles. The molecule has 0 aromatic carbocycles. The highest BCUT2D eigenvalue weighted by Gasteiger charge is 2.21. The van der Waals surface area contributed by atoms with Gasteiger partial charge in [0.25, 0.3) is 5.91 Å². The van der Waals surface area contributed by atoms with Crippen molar-refractivity contribution in [3.05, 3.63) is 16.1 Å². The highest BCUT2D eigenvalue weighted by Crippen LogP contribution is 2.19. The Kier molecular flexibility index (Phi) is 4.04. The first-order valence-corrected chi connectivity index (χ1v) is 6.21. The third-order valence-electron chi connectivity index (χ3n) is 2.21. The average Bonchev–Trinajstić information content (AvgIpc) is 2.66. The van der Waals surface area contributed by atoms with E-state index >= 15 is 0 Å². The van der Waals surface area contributed by atoms with Gasteiger partial charge < -0.3 is 11.1 Å². The van der Waals surface area contributed by atoms with Crippen molar-refractivity contribution in [2.24, 2.45) is 5.73 Å². The van der Waals surface area contributed by atoms with Crippen molar-refractivity contribution in [3.8, 4) is 0 Å². The number of rotatable bonds is 4. The van der Waals surface area contributed by atoms with Crippen LogP contribution in [-0.2, 0) is 0 Å². The fraction of sp³-hybridized carbons (Fsp3) is 0.636. The maximum atomic E-state index is 11.8. The second-order valence-corrected chi connectivity index (χ2v) is 5.66. The average molecular weight is 241 g/mol. The third-order valence-corrected chi connectivity index (χ3v) is 3.36. The number of carbonyl (C=O) groups is 1. The van der Waals surface area contributed by atoms with E-state index in [1.54, 1.807) is 5.38 Å². The molecule has 0 radical (unpaired) electrons. The van der Waals surface area contributed by atoms with Gasteiger partial charge in [-0.15, -0.1) is 11.3 Å². The van der Waals surface area contributed by atoms with Crippen molar-refractivity contribution < 1.29 is 4.79 Å². The van der Waals surface area contributed by atoms with Crippen LogP contribution >= 0.6 is 11.3 Å². The number of thiazole rings is 1. The summed E-state index contributed by atoms with van der Waals surface area (Å²) in [5.41, 5.74) is 5.65. The molecule has 0 aliphatic heterocycles. The summed E-state index contributed by atoms with van der Waals surface area (Å²) in [7, 11) is 0. The van der Waals surface area contributed by atoms with Gasteiger partial charge in [-0.2, -0.15) is 0 Å². The largest absolute Gasteiger partial charge is 0.345 e. The molecule has 1 aromatic rings. The lowest BCUT2D eigenvalue weighted by Crippen LogP contribution is -2.48. The van der Waals surface area contributed by atoms with E-state index in [9.17, 15) is 4.79 Å². The first kappa shape index (κ1) is 13.1. The Hall–Kier alpha value is -0.940. The van der Waals surface area contributed by atoms with Crippen molar-refractivity contribution in [1.29, 1.82) is 0 Å². The maximum absolute atomic E-state index is 11.8. The predicted octanol–water partition coefficient (Wildman–Crippen LogP) is 1.73. The molecule has 90 valence electrons. The van der Waals surface area contributed by atoms with E-state index in [4.69, 9.17) is 5.73 Å². The molecular formula is C11H19N3OS. The van der Waals surface area contributed by atoms with E-state index in [2.05, 4.69) is 24.1 Å². The lowest BCUT2D eigenvalue weighted by Gasteiger charge is -2.23. The van der Waals surface area contributed by atoms with Gasteiger partial charge in [0.1, 0.15) is 5.69 Å². The molecule has 16 heavy (non-hydrogen) atoms. The fourth-order valence-corrected chi connectivity index (χ4v) is 1.89. The highest BCUT2D eigenvalue weighted by molar-refractivity contribution is 7.09. The highest BCUT2D eigenvalue weighted by atomic mass is 32.1. The van der Waals surface area contributed by atoms with Gasteiger partial charge in [0, 0.05) is 23.4 Å². The summed E-state index contributed by atoms with van der Waals surface area (Å²) in [5.74, 6) is 0.202. The molecule has 0 atom stereocenters. The zero-order valence-electron chi connectivity index (χ0n) is 10.2. The zero-order valence-corrected chi connectivity index (χ0v) is 11.0. The Morgan fingerprint density at radius 3 is 2.69 bits per heavy atom. The summed E-state index contributed by atoms with van der Waals surface area (Å²) in [4.78, 5) is 16.1. The zero-order chi connectivity index (χ0) is 12.3. The number of hydrogen-bond acceptors (Lipinski definition) is 4. The summed E-state index contributed by atoms with van der Waals surface area (Å²) in [6, 6.07) is 0. The Bertz CT molecular complexity index is 371. The van der Waals surface area contributed by atoms with Gasteiger partial charge in [0.05, 0.1) is 5.01 Å². The van der Waals surface area contributed by atoms with Crippen LogP contribution in [0, 0.1) is 0 Å². The SMILES string of the molecule is CC(C)c1nc(C(=O)NC(C)(C)CN)cs1. The fourth-order valence-electron chi connectivity index (χ4n) is 1.08. The summed E-state index contributed by atoms with van der Waals surface area (Å²) in [5, 5.41) is 5.63. The quantitative estimate of drug-likeness (QED) is 0.843. The first-order valence-electron chi connectivity index (χ1n) is 5.34. The molecule has 1 heterocycles. The van der Waals surface area contributed by atoms with Crippen molar-refractivity contribution >= 4 is 17.2 Å². The molecule has 0 spiro atoms. The number of nitrogens with two attached hydrogens (primary N) is 1. The number of amides is 1. The minimum atomic E-state index is -0.390. The molecule has 4 nitrogen and oxygen atoms in total. The normalized spacial score (nSPS) is 11.9. The molecule has 3 N–H and O–H groups in total. The molecule has 0 bridgehead atoms. The van der Waals surface area contributed by atoms with Gasteiger partial charge in [0.15, 0.2) is 0 Å². The van der Waals surface area contributed by atoms with E-state index in [0.717, 1.165) is 5.01 Å². The van der Waals surface area contributed by atoms with Crippen molar-refractivity contribution in [3.63, 3.8) is 0 Å². The molecule has 1 amide bonds. The van der Waals surface area contributed by atoms with Gasteiger partial charge in [-0.25, -0.2) is 4.98 Å². The van der Waals surface area contributed by atoms with Crippen LogP contribution in [0.5, 0.6) is 0 Å². The van der Waals surface area contributed by atoms with Crippen LogP contribution in [0.15, 0.2) is 5.38 Å². The van der Waals surface area contributed by atoms with Crippen LogP contribution < -0.4 is 11.1 Å². The molecule has 5 heteroatoms. The summed E-state index contributed by atoms with van der Waals surface area (Å²) in [6.45, 7) is 8.30. The Morgan fingerprint density at radius 2 is 2.25 bits per heavy atom. The molecule has 0 fully saturated rings. The Labute approximate surface area is 100 Å². The monoisotopic (exact) mass is 241 g/mol. The number of hydrogen-bond donors (Lipinski definition) is 2. The lowest BCUT2D eigenvalue weighted by atomic mass is 10.1. The standard InChI is InChI=1S/C11H19N3OS/c1-7(2)10-13-8(5-16-10)9(15)14-11(3,4)6-12/h5,7H,6,12H2,1-4H3,(H,14,15). The first-order chi connectivity index (χ1) is 7.35. The topological polar surface area (TPSA) is 68.0 Å². The molecule has 1 rings (SSSR count). The molecule has 0 unspecified atom stereocenters. The van der Waals surface area contributed by atoms with Gasteiger partial charge in [-0.3, -0.25) is 4.79 Å². The molecular weight excluding hydrogens is 222 g/mol. The third kappa shape index (κ3) is 3.28. The lowest BCUT2D eigenvalue weighted by molar-refractivity contribution is 0.0911. The van der Waals surface area contributed by atoms with Crippen LogP contribution in [0.2, 0.25) is 0 Å². The van der Waals surface area contributed by atoms with Crippen molar-refractivity contribution in [2.75, 3.05) is 6.54 Å². The minimum Gasteiger partial charge on any atom is -0.345 e. The van der Waals surface area contributed by atoms with E-state index in [1.165, 1.54) is 11.3 Å². The van der Waals surface area contributed by atoms with Crippen LogP contribution in [0.4, 0.5) is 0 Å². The summed E-state index contributed by atoms with van der Waals surface area (Å²) < 4.78 is 0. The van der Waals surface area contributed by atoms with Crippen LogP contribution in [0.1, 0.15) is 49.1 Å². The van der Waals surface area contributed by atoms with E-state index in [-0.39, 0.29) is 5.91 Å². The van der Waals surface area contributed by atoms with Gasteiger partial charge >= 0.3 is 0 Å². The van der Waals surface area contributed by atoms with Crippen LogP contribution in [0.3, 0.4) is 0 Å². The Morgan fingerprint density at radius 1 is 1.62 bits per heavy atom. The van der Waals surface area contributed by atoms with E-state index < -0.39 is 5.54 Å². The van der Waals surface area contributed by atoms with Gasteiger partial charge in [0.2, 0.25) is 0 Å². The second kappa shape index (κ2) is 4.93. The summed E-state index contributed by atoms with van der Waals surface area (Å²) in [6.07, 6.45) is 0. The number of nitrogens with zero attached hydrogens (tertiary/aromatic N) is 1. The van der Waals surface area contributed by atoms with Gasteiger partial charge in [-0.05, 0) is 13.8 Å². The van der Waals surface area contributed by atoms with Crippen LogP contribution in [0.25, 0.3) is 0 Å². The molecule has 1 aromatic heterocycles. The minimum absolute atomic E-state index is 0.154. The van der Waals surface area contributed by atoms with Crippen LogP contribution in [-0.4, -0.2) is 23.0 Å². The van der Waals surface area contributed by atoms with Crippen molar-refractivity contribution in [2.45, 2.75) is 39.2 Å².